The average molecular weight is 394 g/mol. The molecule has 0 atom stereocenters. The average Bonchev–Trinajstić information content (AvgIpc) is 3.15. The SMILES string of the molecule is CCC(N)(CC)CNC(=O)Cc1nc(-c2cccs2)oc1C.Cl.Cl. The summed E-state index contributed by atoms with van der Waals surface area (Å²) < 4.78 is 5.64. The molecule has 0 fully saturated rings. The summed E-state index contributed by atoms with van der Waals surface area (Å²) in [5.74, 6) is 1.18. The molecule has 0 aromatic carbocycles. The third-order valence-corrected chi connectivity index (χ3v) is 4.86. The third kappa shape index (κ3) is 5.77. The molecule has 24 heavy (non-hydrogen) atoms. The first-order valence-corrected chi connectivity index (χ1v) is 8.41. The summed E-state index contributed by atoms with van der Waals surface area (Å²) in [7, 11) is 0. The van der Waals surface area contributed by atoms with Crippen molar-refractivity contribution in [3.63, 3.8) is 0 Å². The van der Waals surface area contributed by atoms with E-state index in [1.165, 1.54) is 0 Å². The largest absolute Gasteiger partial charge is 0.440 e. The number of carbonyl (C=O) groups excluding carboxylic acids is 1. The molecule has 0 radical (unpaired) electrons. The summed E-state index contributed by atoms with van der Waals surface area (Å²) in [6.45, 7) is 6.38. The van der Waals surface area contributed by atoms with Crippen molar-refractivity contribution in [2.45, 2.75) is 45.6 Å². The van der Waals surface area contributed by atoms with Crippen LogP contribution in [0.2, 0.25) is 0 Å². The summed E-state index contributed by atoms with van der Waals surface area (Å²) in [6, 6.07) is 3.90. The predicted molar refractivity (Wildman–Crippen MR) is 103 cm³/mol. The van der Waals surface area contributed by atoms with Crippen LogP contribution >= 0.6 is 36.2 Å². The number of nitrogens with zero attached hydrogens (tertiary/aromatic N) is 1. The number of oxazole rings is 1. The van der Waals surface area contributed by atoms with Gasteiger partial charge in [-0.25, -0.2) is 4.98 Å². The van der Waals surface area contributed by atoms with E-state index in [0.717, 1.165) is 17.7 Å². The Morgan fingerprint density at radius 2 is 2.04 bits per heavy atom. The maximum atomic E-state index is 12.1. The fourth-order valence-corrected chi connectivity index (χ4v) is 2.74. The zero-order chi connectivity index (χ0) is 16.2. The Morgan fingerprint density at radius 3 is 2.58 bits per heavy atom. The Bertz CT molecular complexity index is 625. The number of nitrogens with one attached hydrogen (secondary N) is 1. The smallest absolute Gasteiger partial charge is 0.236 e. The number of thiophene rings is 1. The van der Waals surface area contributed by atoms with Crippen molar-refractivity contribution in [2.24, 2.45) is 5.73 Å². The number of rotatable bonds is 7. The molecule has 0 unspecified atom stereocenters. The van der Waals surface area contributed by atoms with Gasteiger partial charge >= 0.3 is 0 Å². The predicted octanol–water partition coefficient (Wildman–Crippen LogP) is 3.73. The van der Waals surface area contributed by atoms with Gasteiger partial charge in [0.1, 0.15) is 5.76 Å². The van der Waals surface area contributed by atoms with Gasteiger partial charge in [-0.3, -0.25) is 4.79 Å². The summed E-state index contributed by atoms with van der Waals surface area (Å²) in [5.41, 5.74) is 6.53. The number of aromatic nitrogens is 1. The quantitative estimate of drug-likeness (QED) is 0.750. The maximum absolute atomic E-state index is 12.1. The Balaban J connectivity index is 0.00000264. The van der Waals surface area contributed by atoms with Gasteiger partial charge in [0.15, 0.2) is 0 Å². The molecule has 0 aliphatic carbocycles. The summed E-state index contributed by atoms with van der Waals surface area (Å²) >= 11 is 1.56. The van der Waals surface area contributed by atoms with Crippen LogP contribution in [0.3, 0.4) is 0 Å². The van der Waals surface area contributed by atoms with Gasteiger partial charge in [-0.2, -0.15) is 0 Å². The van der Waals surface area contributed by atoms with Gasteiger partial charge in [-0.15, -0.1) is 36.2 Å². The number of halogens is 2. The van der Waals surface area contributed by atoms with E-state index < -0.39 is 0 Å². The summed E-state index contributed by atoms with van der Waals surface area (Å²) in [6.07, 6.45) is 1.87. The Kier molecular flexibility index (Phi) is 9.58. The topological polar surface area (TPSA) is 81.1 Å². The number of amides is 1. The van der Waals surface area contributed by atoms with E-state index >= 15 is 0 Å². The van der Waals surface area contributed by atoms with Crippen molar-refractivity contribution >= 4 is 42.1 Å². The minimum Gasteiger partial charge on any atom is -0.440 e. The van der Waals surface area contributed by atoms with Crippen LogP contribution in [0.15, 0.2) is 21.9 Å². The zero-order valence-electron chi connectivity index (χ0n) is 14.1. The molecule has 8 heteroatoms. The monoisotopic (exact) mass is 393 g/mol. The minimum absolute atomic E-state index is 0. The molecule has 2 heterocycles. The lowest BCUT2D eigenvalue weighted by atomic mass is 9.94. The van der Waals surface area contributed by atoms with Gasteiger partial charge in [0.05, 0.1) is 17.0 Å². The number of hydrogen-bond acceptors (Lipinski definition) is 5. The molecule has 0 saturated heterocycles. The molecule has 0 aliphatic rings. The molecule has 2 rings (SSSR count). The molecule has 2 aromatic rings. The van der Waals surface area contributed by atoms with Gasteiger partial charge in [0.25, 0.3) is 0 Å². The molecule has 0 spiro atoms. The van der Waals surface area contributed by atoms with Gasteiger partial charge in [0, 0.05) is 12.1 Å². The van der Waals surface area contributed by atoms with Crippen LogP contribution in [0.25, 0.3) is 10.8 Å². The van der Waals surface area contributed by atoms with Crippen molar-refractivity contribution in [1.82, 2.24) is 10.3 Å². The minimum atomic E-state index is -0.337. The van der Waals surface area contributed by atoms with Crippen molar-refractivity contribution in [3.8, 4) is 10.8 Å². The summed E-state index contributed by atoms with van der Waals surface area (Å²) in [5, 5.41) is 4.87. The molecule has 0 aliphatic heterocycles. The van der Waals surface area contributed by atoms with Crippen LogP contribution in [-0.4, -0.2) is 23.0 Å². The normalized spacial score (nSPS) is 10.7. The molecular formula is C16H25Cl2N3O2S. The summed E-state index contributed by atoms with van der Waals surface area (Å²) in [4.78, 5) is 17.5. The Morgan fingerprint density at radius 1 is 1.38 bits per heavy atom. The second kappa shape index (κ2) is 10.0. The van der Waals surface area contributed by atoms with Crippen LogP contribution in [0.5, 0.6) is 0 Å². The van der Waals surface area contributed by atoms with Crippen LogP contribution in [0, 0.1) is 6.92 Å². The first-order valence-electron chi connectivity index (χ1n) is 7.53. The molecule has 1 amide bonds. The van der Waals surface area contributed by atoms with Crippen molar-refractivity contribution in [2.75, 3.05) is 6.54 Å². The molecule has 0 bridgehead atoms. The molecule has 2 aromatic heterocycles. The first-order chi connectivity index (χ1) is 10.5. The second-order valence-corrected chi connectivity index (χ2v) is 6.47. The highest BCUT2D eigenvalue weighted by atomic mass is 35.5. The van der Waals surface area contributed by atoms with E-state index in [0.29, 0.717) is 23.9 Å². The second-order valence-electron chi connectivity index (χ2n) is 5.52. The maximum Gasteiger partial charge on any atom is 0.236 e. The third-order valence-electron chi connectivity index (χ3n) is 4.00. The van der Waals surface area contributed by atoms with Crippen LogP contribution in [-0.2, 0) is 11.2 Å². The number of hydrogen-bond donors (Lipinski definition) is 2. The fourth-order valence-electron chi connectivity index (χ4n) is 2.09. The van der Waals surface area contributed by atoms with Gasteiger partial charge in [-0.05, 0) is 31.2 Å². The lowest BCUT2D eigenvalue weighted by Crippen LogP contribution is -2.49. The molecule has 136 valence electrons. The van der Waals surface area contributed by atoms with Crippen LogP contribution in [0.1, 0.15) is 38.1 Å². The number of aryl methyl sites for hydroxylation is 1. The van der Waals surface area contributed by atoms with E-state index in [9.17, 15) is 4.79 Å². The fraction of sp³-hybridized carbons (Fsp3) is 0.500. The zero-order valence-corrected chi connectivity index (χ0v) is 16.6. The number of nitrogens with two attached hydrogens (primary N) is 1. The van der Waals surface area contributed by atoms with Crippen molar-refractivity contribution in [3.05, 3.63) is 29.0 Å². The number of carbonyl (C=O) groups is 1. The van der Waals surface area contributed by atoms with E-state index in [1.807, 2.05) is 38.3 Å². The van der Waals surface area contributed by atoms with Gasteiger partial charge in [-0.1, -0.05) is 19.9 Å². The highest BCUT2D eigenvalue weighted by Gasteiger charge is 2.22. The lowest BCUT2D eigenvalue weighted by molar-refractivity contribution is -0.120. The van der Waals surface area contributed by atoms with Gasteiger partial charge < -0.3 is 15.5 Å². The highest BCUT2D eigenvalue weighted by Crippen LogP contribution is 2.26. The lowest BCUT2D eigenvalue weighted by Gasteiger charge is -2.26. The van der Waals surface area contributed by atoms with Crippen molar-refractivity contribution in [1.29, 1.82) is 0 Å². The van der Waals surface area contributed by atoms with E-state index in [-0.39, 0.29) is 42.7 Å². The van der Waals surface area contributed by atoms with E-state index in [1.54, 1.807) is 11.3 Å². The highest BCUT2D eigenvalue weighted by molar-refractivity contribution is 7.13. The van der Waals surface area contributed by atoms with Gasteiger partial charge in [0.2, 0.25) is 11.8 Å². The first kappa shape index (κ1) is 22.9. The molecule has 0 saturated carbocycles. The molecule has 3 N–H and O–H groups in total. The van der Waals surface area contributed by atoms with Crippen LogP contribution < -0.4 is 11.1 Å². The molecular weight excluding hydrogens is 369 g/mol. The van der Waals surface area contributed by atoms with Crippen LogP contribution in [0.4, 0.5) is 0 Å². The van der Waals surface area contributed by atoms with E-state index in [2.05, 4.69) is 10.3 Å². The standard InChI is InChI=1S/C16H23N3O2S.2ClH/c1-4-16(17,5-2)10-18-14(20)9-12-11(3)21-15(19-12)13-7-6-8-22-13;;/h6-8H,4-5,9-10,17H2,1-3H3,(H,18,20);2*1H. The molecule has 5 nitrogen and oxygen atoms in total. The van der Waals surface area contributed by atoms with Crippen molar-refractivity contribution < 1.29 is 9.21 Å². The Hall–Kier alpha value is -1.08. The van der Waals surface area contributed by atoms with E-state index in [4.69, 9.17) is 10.2 Å². The Labute approximate surface area is 159 Å².